The third kappa shape index (κ3) is 4.33. The monoisotopic (exact) mass is 511 g/mol. The Morgan fingerprint density at radius 1 is 1.03 bits per heavy atom. The lowest BCUT2D eigenvalue weighted by molar-refractivity contribution is 0.194. The number of aromatic nitrogens is 1. The smallest absolute Gasteiger partial charge is 0.322 e. The van der Waals surface area contributed by atoms with E-state index in [9.17, 15) is 4.79 Å². The number of anilines is 1. The Morgan fingerprint density at radius 2 is 1.84 bits per heavy atom. The minimum absolute atomic E-state index is 0.0847. The van der Waals surface area contributed by atoms with Crippen LogP contribution in [0.5, 0.6) is 5.75 Å². The lowest BCUT2D eigenvalue weighted by atomic mass is 9.95. The number of benzene rings is 2. The predicted octanol–water partition coefficient (Wildman–Crippen LogP) is 7.57. The van der Waals surface area contributed by atoms with E-state index < -0.39 is 0 Å². The summed E-state index contributed by atoms with van der Waals surface area (Å²) in [5.74, 6) is 0.842. The van der Waals surface area contributed by atoms with E-state index in [1.807, 2.05) is 41.4 Å². The highest BCUT2D eigenvalue weighted by Crippen LogP contribution is 2.44. The van der Waals surface area contributed by atoms with Gasteiger partial charge in [0.25, 0.3) is 0 Å². The Hall–Kier alpha value is -3.51. The van der Waals surface area contributed by atoms with E-state index in [-0.39, 0.29) is 12.1 Å². The third-order valence-corrected chi connectivity index (χ3v) is 9.04. The standard InChI is InChI=1S/C31H33N3O2S/c1-4-36-24-15-12-22(13-16-24)29-27-9-7-17-33(27)30-26(25-8-5-6-10-28(25)37-30)19-34(29)31(35)32-23-14-11-20(2)21(3)18-23/h7,9,11-18,29H,4-6,8,10,19H2,1-3H3,(H,32,35)/t29-/m0/s1. The summed E-state index contributed by atoms with van der Waals surface area (Å²) >= 11 is 1.91. The van der Waals surface area contributed by atoms with Crippen LogP contribution in [0.25, 0.3) is 5.00 Å². The number of hydrogen-bond acceptors (Lipinski definition) is 3. The highest BCUT2D eigenvalue weighted by atomic mass is 32.1. The molecule has 190 valence electrons. The van der Waals surface area contributed by atoms with Gasteiger partial charge in [0.05, 0.1) is 24.9 Å². The Bertz CT molecular complexity index is 1450. The van der Waals surface area contributed by atoms with Gasteiger partial charge < -0.3 is 19.5 Å². The highest BCUT2D eigenvalue weighted by Gasteiger charge is 2.36. The van der Waals surface area contributed by atoms with Gasteiger partial charge in [-0.05, 0) is 105 Å². The summed E-state index contributed by atoms with van der Waals surface area (Å²) in [5.41, 5.74) is 8.15. The van der Waals surface area contributed by atoms with Gasteiger partial charge in [0.1, 0.15) is 10.8 Å². The first-order chi connectivity index (χ1) is 18.0. The number of rotatable bonds is 4. The summed E-state index contributed by atoms with van der Waals surface area (Å²) in [6, 6.07) is 18.3. The van der Waals surface area contributed by atoms with Crippen LogP contribution in [-0.4, -0.2) is 22.1 Å². The zero-order valence-electron chi connectivity index (χ0n) is 21.7. The van der Waals surface area contributed by atoms with Crippen LogP contribution >= 0.6 is 11.3 Å². The van der Waals surface area contributed by atoms with E-state index in [1.54, 1.807) is 0 Å². The summed E-state index contributed by atoms with van der Waals surface area (Å²) in [7, 11) is 0. The molecule has 0 spiro atoms. The molecule has 5 nitrogen and oxygen atoms in total. The third-order valence-electron chi connectivity index (χ3n) is 7.70. The lowest BCUT2D eigenvalue weighted by Crippen LogP contribution is -2.38. The van der Waals surface area contributed by atoms with Crippen molar-refractivity contribution in [3.8, 4) is 10.8 Å². The number of aryl methyl sites for hydroxylation is 3. The van der Waals surface area contributed by atoms with Gasteiger partial charge in [-0.1, -0.05) is 18.2 Å². The maximum absolute atomic E-state index is 14.1. The molecule has 0 unspecified atom stereocenters. The zero-order chi connectivity index (χ0) is 25.5. The number of hydrogen-bond donors (Lipinski definition) is 1. The van der Waals surface area contributed by atoms with Crippen molar-refractivity contribution >= 4 is 23.1 Å². The van der Waals surface area contributed by atoms with E-state index >= 15 is 0 Å². The molecule has 0 bridgehead atoms. The van der Waals surface area contributed by atoms with Gasteiger partial charge in [0.2, 0.25) is 0 Å². The van der Waals surface area contributed by atoms with Crippen molar-refractivity contribution in [1.29, 1.82) is 0 Å². The predicted molar refractivity (Wildman–Crippen MR) is 150 cm³/mol. The van der Waals surface area contributed by atoms with Crippen LogP contribution in [0, 0.1) is 13.8 Å². The number of nitrogens with one attached hydrogen (secondary N) is 1. The van der Waals surface area contributed by atoms with Crippen molar-refractivity contribution in [2.75, 3.05) is 11.9 Å². The summed E-state index contributed by atoms with van der Waals surface area (Å²) in [6.45, 7) is 7.37. The van der Waals surface area contributed by atoms with Crippen LogP contribution in [0.3, 0.4) is 0 Å². The van der Waals surface area contributed by atoms with Crippen LogP contribution in [0.4, 0.5) is 10.5 Å². The highest BCUT2D eigenvalue weighted by molar-refractivity contribution is 7.15. The van der Waals surface area contributed by atoms with Crippen molar-refractivity contribution < 1.29 is 9.53 Å². The average molecular weight is 512 g/mol. The molecule has 1 N–H and O–H groups in total. The molecule has 1 atom stereocenters. The van der Waals surface area contributed by atoms with Crippen LogP contribution in [0.15, 0.2) is 60.8 Å². The second-order valence-corrected chi connectivity index (χ2v) is 11.1. The van der Waals surface area contributed by atoms with Crippen LogP contribution in [0.2, 0.25) is 0 Å². The number of ether oxygens (including phenoxy) is 1. The first-order valence-corrected chi connectivity index (χ1v) is 14.0. The largest absolute Gasteiger partial charge is 0.494 e. The number of carbonyl (C=O) groups is 1. The first-order valence-electron chi connectivity index (χ1n) is 13.2. The van der Waals surface area contributed by atoms with Gasteiger partial charge in [0, 0.05) is 22.3 Å². The molecule has 6 heteroatoms. The van der Waals surface area contributed by atoms with Crippen molar-refractivity contribution in [2.45, 2.75) is 59.0 Å². The second kappa shape index (κ2) is 9.75. The van der Waals surface area contributed by atoms with E-state index in [2.05, 4.69) is 66.3 Å². The number of thiophene rings is 1. The van der Waals surface area contributed by atoms with E-state index in [0.717, 1.165) is 35.5 Å². The molecule has 1 aliphatic carbocycles. The fourth-order valence-electron chi connectivity index (χ4n) is 5.66. The normalized spacial score (nSPS) is 16.4. The first kappa shape index (κ1) is 23.9. The molecule has 0 fully saturated rings. The Labute approximate surface area is 222 Å². The Balaban J connectivity index is 1.46. The van der Waals surface area contributed by atoms with Crippen LogP contribution in [0.1, 0.15) is 64.2 Å². The van der Waals surface area contributed by atoms with E-state index in [4.69, 9.17) is 4.74 Å². The number of nitrogens with zero attached hydrogens (tertiary/aromatic N) is 2. The number of carbonyl (C=O) groups excluding carboxylic acids is 1. The second-order valence-electron chi connectivity index (χ2n) is 10.1. The maximum atomic E-state index is 14.1. The van der Waals surface area contributed by atoms with Gasteiger partial charge in [-0.25, -0.2) is 4.79 Å². The number of fused-ring (bicyclic) bond motifs is 5. The summed E-state index contributed by atoms with van der Waals surface area (Å²) in [4.78, 5) is 17.6. The topological polar surface area (TPSA) is 46.5 Å². The van der Waals surface area contributed by atoms with Gasteiger partial charge in [-0.15, -0.1) is 11.3 Å². The summed E-state index contributed by atoms with van der Waals surface area (Å²) < 4.78 is 8.03. The summed E-state index contributed by atoms with van der Waals surface area (Å²) in [5, 5.41) is 4.49. The quantitative estimate of drug-likeness (QED) is 0.307. The molecule has 2 aromatic heterocycles. The van der Waals surface area contributed by atoms with E-state index in [0.29, 0.717) is 13.2 Å². The molecule has 4 aromatic rings. The van der Waals surface area contributed by atoms with Crippen LogP contribution in [-0.2, 0) is 19.4 Å². The molecule has 37 heavy (non-hydrogen) atoms. The minimum Gasteiger partial charge on any atom is -0.494 e. The lowest BCUT2D eigenvalue weighted by Gasteiger charge is -2.31. The van der Waals surface area contributed by atoms with E-state index in [1.165, 1.54) is 45.0 Å². The molecular weight excluding hydrogens is 478 g/mol. The Kier molecular flexibility index (Phi) is 6.29. The molecule has 2 aromatic carbocycles. The average Bonchev–Trinajstić information content (AvgIpc) is 3.49. The molecule has 1 aliphatic heterocycles. The SMILES string of the molecule is CCOc1ccc([C@H]2c3cccn3-c3sc4c(c3CN2C(=O)Nc2ccc(C)c(C)c2)CCCC4)cc1. The van der Waals surface area contributed by atoms with Crippen molar-refractivity contribution in [3.63, 3.8) is 0 Å². The van der Waals surface area contributed by atoms with Crippen molar-refractivity contribution in [1.82, 2.24) is 9.47 Å². The van der Waals surface area contributed by atoms with Gasteiger partial charge in [-0.2, -0.15) is 0 Å². The molecule has 6 rings (SSSR count). The van der Waals surface area contributed by atoms with Crippen molar-refractivity contribution in [3.05, 3.63) is 99.2 Å². The molecule has 2 aliphatic rings. The van der Waals surface area contributed by atoms with Gasteiger partial charge in [-0.3, -0.25) is 0 Å². The molecule has 3 heterocycles. The molecule has 0 saturated carbocycles. The fraction of sp³-hybridized carbons (Fsp3) is 0.323. The Morgan fingerprint density at radius 3 is 2.62 bits per heavy atom. The zero-order valence-corrected chi connectivity index (χ0v) is 22.5. The molecular formula is C31H33N3O2S. The minimum atomic E-state index is -0.226. The number of urea groups is 1. The number of amides is 2. The summed E-state index contributed by atoms with van der Waals surface area (Å²) in [6.07, 6.45) is 6.85. The van der Waals surface area contributed by atoms with Crippen LogP contribution < -0.4 is 10.1 Å². The molecule has 0 saturated heterocycles. The maximum Gasteiger partial charge on any atom is 0.322 e. The van der Waals surface area contributed by atoms with Gasteiger partial charge >= 0.3 is 6.03 Å². The molecule has 2 amide bonds. The molecule has 0 radical (unpaired) electrons. The fourth-order valence-corrected chi connectivity index (χ4v) is 7.07. The van der Waals surface area contributed by atoms with Gasteiger partial charge in [0.15, 0.2) is 0 Å². The van der Waals surface area contributed by atoms with Crippen molar-refractivity contribution in [2.24, 2.45) is 0 Å².